The highest BCUT2D eigenvalue weighted by Crippen LogP contribution is 2.17. The summed E-state index contributed by atoms with van der Waals surface area (Å²) in [5, 5.41) is 5.53. The zero-order valence-electron chi connectivity index (χ0n) is 15.9. The van der Waals surface area contributed by atoms with Crippen molar-refractivity contribution < 1.29 is 19.1 Å². The highest BCUT2D eigenvalue weighted by Gasteiger charge is 2.08. The summed E-state index contributed by atoms with van der Waals surface area (Å²) >= 11 is 0. The number of hydrogen-bond acceptors (Lipinski definition) is 5. The van der Waals surface area contributed by atoms with Crippen LogP contribution >= 0.6 is 12.4 Å². The van der Waals surface area contributed by atoms with Crippen LogP contribution in [0.3, 0.4) is 0 Å². The first-order chi connectivity index (χ1) is 13.0. The van der Waals surface area contributed by atoms with Crippen LogP contribution in [-0.4, -0.2) is 38.1 Å². The molecule has 2 aromatic carbocycles. The third kappa shape index (κ3) is 7.85. The van der Waals surface area contributed by atoms with Gasteiger partial charge in [-0.15, -0.1) is 12.4 Å². The molecule has 1 atom stereocenters. The summed E-state index contributed by atoms with van der Waals surface area (Å²) in [6, 6.07) is 13.7. The molecule has 0 radical (unpaired) electrons. The third-order valence-corrected chi connectivity index (χ3v) is 3.73. The molecule has 0 fully saturated rings. The molecule has 2 amide bonds. The number of methoxy groups -OCH3 is 1. The van der Waals surface area contributed by atoms with E-state index in [9.17, 15) is 9.59 Å². The molecule has 152 valence electrons. The van der Waals surface area contributed by atoms with E-state index < -0.39 is 0 Å². The molecule has 0 aliphatic rings. The highest BCUT2D eigenvalue weighted by atomic mass is 35.5. The predicted molar refractivity (Wildman–Crippen MR) is 111 cm³/mol. The molecule has 2 rings (SSSR count). The molecular formula is C20H26ClN3O4. The van der Waals surface area contributed by atoms with E-state index >= 15 is 0 Å². The standard InChI is InChI=1S/C20H25N3O4.ClH/c1-14(21)10-11-22-20(25)15-6-8-17(9-7-15)27-13-19(24)23-16-4-3-5-18(12-16)26-2;/h3-9,12,14H,10-11,13,21H2,1-2H3,(H,22,25)(H,23,24);1H. The van der Waals surface area contributed by atoms with Crippen LogP contribution < -0.4 is 25.8 Å². The summed E-state index contributed by atoms with van der Waals surface area (Å²) in [4.78, 5) is 24.0. The number of rotatable bonds is 9. The summed E-state index contributed by atoms with van der Waals surface area (Å²) in [6.07, 6.45) is 0.718. The van der Waals surface area contributed by atoms with E-state index in [0.29, 0.717) is 29.3 Å². The minimum atomic E-state index is -0.291. The van der Waals surface area contributed by atoms with E-state index in [1.165, 1.54) is 0 Å². The van der Waals surface area contributed by atoms with Crippen molar-refractivity contribution in [3.63, 3.8) is 0 Å². The highest BCUT2D eigenvalue weighted by molar-refractivity contribution is 5.94. The Bertz CT molecular complexity index is 766. The molecule has 0 aromatic heterocycles. The average Bonchev–Trinajstić information content (AvgIpc) is 2.66. The van der Waals surface area contributed by atoms with Crippen LogP contribution in [0.1, 0.15) is 23.7 Å². The summed E-state index contributed by atoms with van der Waals surface area (Å²) < 4.78 is 10.6. The number of amides is 2. The normalized spacial score (nSPS) is 11.0. The van der Waals surface area contributed by atoms with Gasteiger partial charge in [0.05, 0.1) is 7.11 Å². The molecular weight excluding hydrogens is 382 g/mol. The van der Waals surface area contributed by atoms with Gasteiger partial charge in [0.15, 0.2) is 6.61 Å². The Morgan fingerprint density at radius 2 is 1.82 bits per heavy atom. The lowest BCUT2D eigenvalue weighted by Crippen LogP contribution is -2.28. The van der Waals surface area contributed by atoms with Crippen molar-refractivity contribution in [1.29, 1.82) is 0 Å². The Kier molecular flexibility index (Phi) is 9.84. The Morgan fingerprint density at radius 1 is 1.11 bits per heavy atom. The van der Waals surface area contributed by atoms with Crippen molar-refractivity contribution in [1.82, 2.24) is 5.32 Å². The lowest BCUT2D eigenvalue weighted by Gasteiger charge is -2.10. The summed E-state index contributed by atoms with van der Waals surface area (Å²) in [6.45, 7) is 2.28. The summed E-state index contributed by atoms with van der Waals surface area (Å²) in [5.41, 5.74) is 6.80. The topological polar surface area (TPSA) is 103 Å². The molecule has 1 unspecified atom stereocenters. The molecule has 0 spiro atoms. The maximum atomic E-state index is 12.0. The zero-order chi connectivity index (χ0) is 19.6. The van der Waals surface area contributed by atoms with Gasteiger partial charge in [0.2, 0.25) is 0 Å². The minimum absolute atomic E-state index is 0. The van der Waals surface area contributed by atoms with Crippen LogP contribution in [0.4, 0.5) is 5.69 Å². The number of nitrogens with one attached hydrogen (secondary N) is 2. The van der Waals surface area contributed by atoms with Crippen molar-refractivity contribution in [2.75, 3.05) is 25.6 Å². The van der Waals surface area contributed by atoms with E-state index in [1.54, 1.807) is 55.6 Å². The van der Waals surface area contributed by atoms with E-state index in [4.69, 9.17) is 15.2 Å². The molecule has 0 saturated carbocycles. The SMILES string of the molecule is COc1cccc(NC(=O)COc2ccc(C(=O)NCCC(C)N)cc2)c1.Cl. The molecule has 28 heavy (non-hydrogen) atoms. The molecule has 0 aliphatic heterocycles. The van der Waals surface area contributed by atoms with Crippen LogP contribution in [-0.2, 0) is 4.79 Å². The molecule has 8 heteroatoms. The Labute approximate surface area is 171 Å². The molecule has 7 nitrogen and oxygen atoms in total. The maximum Gasteiger partial charge on any atom is 0.262 e. The first-order valence-electron chi connectivity index (χ1n) is 8.68. The first kappa shape index (κ1) is 23.3. The first-order valence-corrected chi connectivity index (χ1v) is 8.68. The van der Waals surface area contributed by atoms with E-state index in [1.807, 2.05) is 6.92 Å². The van der Waals surface area contributed by atoms with E-state index in [-0.39, 0.29) is 36.9 Å². The smallest absolute Gasteiger partial charge is 0.262 e. The number of ether oxygens (including phenoxy) is 2. The second-order valence-corrected chi connectivity index (χ2v) is 6.12. The number of nitrogens with two attached hydrogens (primary N) is 1. The van der Waals surface area contributed by atoms with E-state index in [2.05, 4.69) is 10.6 Å². The Hall–Kier alpha value is -2.77. The Morgan fingerprint density at radius 3 is 2.46 bits per heavy atom. The fourth-order valence-electron chi connectivity index (χ4n) is 2.26. The van der Waals surface area contributed by atoms with Crippen LogP contribution in [0.2, 0.25) is 0 Å². The van der Waals surface area contributed by atoms with Crippen molar-refractivity contribution in [2.45, 2.75) is 19.4 Å². The fraction of sp³-hybridized carbons (Fsp3) is 0.300. The Balaban J connectivity index is 0.00000392. The molecule has 0 heterocycles. The molecule has 0 saturated heterocycles. The number of carbonyl (C=O) groups is 2. The van der Waals surface area contributed by atoms with Gasteiger partial charge in [-0.05, 0) is 49.7 Å². The van der Waals surface area contributed by atoms with Gasteiger partial charge < -0.3 is 25.8 Å². The number of carbonyl (C=O) groups excluding carboxylic acids is 2. The van der Waals surface area contributed by atoms with Crippen LogP contribution in [0.15, 0.2) is 48.5 Å². The molecule has 2 aromatic rings. The fourth-order valence-corrected chi connectivity index (χ4v) is 2.26. The van der Waals surface area contributed by atoms with Crippen molar-refractivity contribution in [2.24, 2.45) is 5.73 Å². The third-order valence-electron chi connectivity index (χ3n) is 3.73. The van der Waals surface area contributed by atoms with Crippen LogP contribution in [0.5, 0.6) is 11.5 Å². The average molecular weight is 408 g/mol. The van der Waals surface area contributed by atoms with Crippen molar-refractivity contribution in [3.8, 4) is 11.5 Å². The van der Waals surface area contributed by atoms with Crippen molar-refractivity contribution in [3.05, 3.63) is 54.1 Å². The van der Waals surface area contributed by atoms with Gasteiger partial charge >= 0.3 is 0 Å². The number of benzene rings is 2. The maximum absolute atomic E-state index is 12.0. The number of hydrogen-bond donors (Lipinski definition) is 3. The van der Waals surface area contributed by atoms with Gasteiger partial charge in [-0.2, -0.15) is 0 Å². The van der Waals surface area contributed by atoms with Crippen LogP contribution in [0, 0.1) is 0 Å². The van der Waals surface area contributed by atoms with Gasteiger partial charge in [0, 0.05) is 29.9 Å². The van der Waals surface area contributed by atoms with Gasteiger partial charge in [-0.25, -0.2) is 0 Å². The van der Waals surface area contributed by atoms with E-state index in [0.717, 1.165) is 6.42 Å². The largest absolute Gasteiger partial charge is 0.497 e. The molecule has 4 N–H and O–H groups in total. The molecule has 0 bridgehead atoms. The lowest BCUT2D eigenvalue weighted by atomic mass is 10.2. The number of halogens is 1. The minimum Gasteiger partial charge on any atom is -0.497 e. The second kappa shape index (κ2) is 11.8. The monoisotopic (exact) mass is 407 g/mol. The summed E-state index contributed by atoms with van der Waals surface area (Å²) in [7, 11) is 1.56. The van der Waals surface area contributed by atoms with Crippen LogP contribution in [0.25, 0.3) is 0 Å². The molecule has 0 aliphatic carbocycles. The lowest BCUT2D eigenvalue weighted by molar-refractivity contribution is -0.118. The van der Waals surface area contributed by atoms with Gasteiger partial charge in [0.1, 0.15) is 11.5 Å². The number of anilines is 1. The summed E-state index contributed by atoms with van der Waals surface area (Å²) in [5.74, 6) is 0.699. The second-order valence-electron chi connectivity index (χ2n) is 6.12. The van der Waals surface area contributed by atoms with Crippen molar-refractivity contribution >= 4 is 29.9 Å². The zero-order valence-corrected chi connectivity index (χ0v) is 16.8. The van der Waals surface area contributed by atoms with Gasteiger partial charge in [-0.3, -0.25) is 9.59 Å². The quantitative estimate of drug-likeness (QED) is 0.593. The van der Waals surface area contributed by atoms with Gasteiger partial charge in [0.25, 0.3) is 11.8 Å². The predicted octanol–water partition coefficient (Wildman–Crippen LogP) is 2.60. The van der Waals surface area contributed by atoms with Gasteiger partial charge in [-0.1, -0.05) is 6.07 Å².